The molecule has 1 heterocycles. The Labute approximate surface area is 74.3 Å². The normalized spacial score (nSPS) is 16.5. The number of unbranched alkanes of at least 4 members (excludes halogenated alkanes) is 1. The average Bonchev–Trinajstić information content (AvgIpc) is 2.37. The quantitative estimate of drug-likeness (QED) is 0.505. The monoisotopic (exact) mass is 172 g/mol. The van der Waals surface area contributed by atoms with Crippen LogP contribution in [0.2, 0.25) is 0 Å². The molecule has 0 bridgehead atoms. The number of thiol groups is 1. The first-order valence-electron chi connectivity index (χ1n) is 4.06. The minimum atomic E-state index is 1.01. The summed E-state index contributed by atoms with van der Waals surface area (Å²) in [6.45, 7) is 2.22. The molecule has 1 rings (SSSR count). The topological polar surface area (TPSA) is 6.48 Å². The Balaban J connectivity index is 2.05. The summed E-state index contributed by atoms with van der Waals surface area (Å²) in [6, 6.07) is 0. The maximum Gasteiger partial charge on any atom is 0.0890 e. The fourth-order valence-electron chi connectivity index (χ4n) is 1.16. The molecule has 0 amide bonds. The Morgan fingerprint density at radius 2 is 2.18 bits per heavy atom. The number of hydrogen-bond acceptors (Lipinski definition) is 3. The van der Waals surface area contributed by atoms with Crippen LogP contribution in [0, 0.1) is 0 Å². The molecular weight excluding hydrogens is 156 g/mol. The zero-order chi connectivity index (χ0) is 8.10. The maximum absolute atomic E-state index is 4.17. The van der Waals surface area contributed by atoms with Gasteiger partial charge in [0.2, 0.25) is 0 Å². The highest BCUT2D eigenvalue weighted by Gasteiger charge is 2.06. The molecule has 0 atom stereocenters. The van der Waals surface area contributed by atoms with Gasteiger partial charge in [-0.15, -0.1) is 0 Å². The molecule has 1 aliphatic heterocycles. The standard InChI is InChI=1S/C8H16N2S/c1-9-5-6-10(8-9)4-2-3-7-11/h5-6,11H,2-4,7-8H2,1H3. The van der Waals surface area contributed by atoms with E-state index < -0.39 is 0 Å². The predicted molar refractivity (Wildman–Crippen MR) is 51.6 cm³/mol. The first-order chi connectivity index (χ1) is 5.33. The van der Waals surface area contributed by atoms with Gasteiger partial charge in [0.25, 0.3) is 0 Å². The summed E-state index contributed by atoms with van der Waals surface area (Å²) in [4.78, 5) is 4.50. The van der Waals surface area contributed by atoms with Crippen molar-refractivity contribution < 1.29 is 0 Å². The number of hydrogen-bond donors (Lipinski definition) is 1. The molecule has 0 aromatic rings. The van der Waals surface area contributed by atoms with Crippen LogP contribution < -0.4 is 0 Å². The SMILES string of the molecule is CN1C=CN(CCCCS)C1. The highest BCUT2D eigenvalue weighted by molar-refractivity contribution is 7.80. The van der Waals surface area contributed by atoms with E-state index >= 15 is 0 Å². The number of rotatable bonds is 4. The molecule has 2 nitrogen and oxygen atoms in total. The molecule has 1 aliphatic rings. The average molecular weight is 172 g/mol. The lowest BCUT2D eigenvalue weighted by molar-refractivity contribution is 0.293. The zero-order valence-electron chi connectivity index (χ0n) is 7.03. The molecule has 0 saturated carbocycles. The molecule has 0 aliphatic carbocycles. The molecule has 3 heteroatoms. The zero-order valence-corrected chi connectivity index (χ0v) is 7.93. The summed E-state index contributed by atoms with van der Waals surface area (Å²) in [5.41, 5.74) is 0. The van der Waals surface area contributed by atoms with Crippen molar-refractivity contribution in [2.75, 3.05) is 26.0 Å². The van der Waals surface area contributed by atoms with Crippen molar-refractivity contribution >= 4 is 12.6 Å². The van der Waals surface area contributed by atoms with Crippen molar-refractivity contribution in [3.8, 4) is 0 Å². The number of nitrogens with zero attached hydrogens (tertiary/aromatic N) is 2. The smallest absolute Gasteiger partial charge is 0.0890 e. The van der Waals surface area contributed by atoms with Crippen molar-refractivity contribution in [1.82, 2.24) is 9.80 Å². The van der Waals surface area contributed by atoms with Gasteiger partial charge in [0.1, 0.15) is 0 Å². The largest absolute Gasteiger partial charge is 0.362 e. The summed E-state index contributed by atoms with van der Waals surface area (Å²) in [7, 11) is 2.09. The summed E-state index contributed by atoms with van der Waals surface area (Å²) >= 11 is 4.17. The van der Waals surface area contributed by atoms with E-state index in [2.05, 4.69) is 41.9 Å². The first kappa shape index (κ1) is 8.78. The molecule has 0 spiro atoms. The van der Waals surface area contributed by atoms with Crippen LogP contribution in [-0.2, 0) is 0 Å². The van der Waals surface area contributed by atoms with Crippen molar-refractivity contribution in [2.45, 2.75) is 12.8 Å². The van der Waals surface area contributed by atoms with E-state index in [-0.39, 0.29) is 0 Å². The highest BCUT2D eigenvalue weighted by Crippen LogP contribution is 2.05. The van der Waals surface area contributed by atoms with Crippen LogP contribution in [0.4, 0.5) is 0 Å². The van der Waals surface area contributed by atoms with Crippen molar-refractivity contribution in [2.24, 2.45) is 0 Å². The minimum Gasteiger partial charge on any atom is -0.362 e. The van der Waals surface area contributed by atoms with Gasteiger partial charge in [-0.05, 0) is 18.6 Å². The lowest BCUT2D eigenvalue weighted by Crippen LogP contribution is -2.23. The maximum atomic E-state index is 4.17. The van der Waals surface area contributed by atoms with E-state index in [1.165, 1.54) is 19.4 Å². The van der Waals surface area contributed by atoms with Crippen LogP contribution in [0.5, 0.6) is 0 Å². The van der Waals surface area contributed by atoms with Crippen LogP contribution in [-0.4, -0.2) is 35.8 Å². The van der Waals surface area contributed by atoms with Crippen LogP contribution >= 0.6 is 12.6 Å². The fraction of sp³-hybridized carbons (Fsp3) is 0.750. The van der Waals surface area contributed by atoms with Crippen molar-refractivity contribution in [3.05, 3.63) is 12.4 Å². The Morgan fingerprint density at radius 3 is 2.73 bits per heavy atom. The van der Waals surface area contributed by atoms with Gasteiger partial charge in [0.15, 0.2) is 0 Å². The van der Waals surface area contributed by atoms with Crippen LogP contribution in [0.1, 0.15) is 12.8 Å². The van der Waals surface area contributed by atoms with E-state index in [0.29, 0.717) is 0 Å². The Morgan fingerprint density at radius 1 is 1.36 bits per heavy atom. The van der Waals surface area contributed by atoms with Gasteiger partial charge in [0, 0.05) is 26.0 Å². The Hall–Kier alpha value is -0.310. The Bertz CT molecular complexity index is 136. The van der Waals surface area contributed by atoms with Gasteiger partial charge in [-0.25, -0.2) is 0 Å². The summed E-state index contributed by atoms with van der Waals surface area (Å²) < 4.78 is 0. The predicted octanol–water partition coefficient (Wildman–Crippen LogP) is 1.37. The van der Waals surface area contributed by atoms with Crippen molar-refractivity contribution in [1.29, 1.82) is 0 Å². The van der Waals surface area contributed by atoms with Gasteiger partial charge in [-0.1, -0.05) is 0 Å². The molecule has 0 aromatic heterocycles. The van der Waals surface area contributed by atoms with E-state index in [0.717, 1.165) is 12.4 Å². The summed E-state index contributed by atoms with van der Waals surface area (Å²) in [5.74, 6) is 1.01. The second-order valence-electron chi connectivity index (χ2n) is 2.94. The van der Waals surface area contributed by atoms with E-state index in [4.69, 9.17) is 0 Å². The summed E-state index contributed by atoms with van der Waals surface area (Å²) in [6.07, 6.45) is 6.73. The Kier molecular flexibility index (Phi) is 3.63. The molecule has 64 valence electrons. The molecule has 0 N–H and O–H groups in total. The van der Waals surface area contributed by atoms with Crippen LogP contribution in [0.25, 0.3) is 0 Å². The third-order valence-corrected chi connectivity index (χ3v) is 2.11. The first-order valence-corrected chi connectivity index (χ1v) is 4.69. The highest BCUT2D eigenvalue weighted by atomic mass is 32.1. The minimum absolute atomic E-state index is 1.01. The van der Waals surface area contributed by atoms with E-state index in [1.807, 2.05) is 0 Å². The van der Waals surface area contributed by atoms with Gasteiger partial charge in [0.05, 0.1) is 6.67 Å². The molecule has 0 aromatic carbocycles. The molecular formula is C8H16N2S. The molecule has 11 heavy (non-hydrogen) atoms. The molecule has 0 saturated heterocycles. The van der Waals surface area contributed by atoms with Crippen LogP contribution in [0.15, 0.2) is 12.4 Å². The molecule has 0 fully saturated rings. The van der Waals surface area contributed by atoms with Gasteiger partial charge in [-0.3, -0.25) is 0 Å². The second-order valence-corrected chi connectivity index (χ2v) is 3.39. The molecule has 0 radical (unpaired) electrons. The fourth-order valence-corrected chi connectivity index (χ4v) is 1.38. The lowest BCUT2D eigenvalue weighted by Gasteiger charge is -2.17. The van der Waals surface area contributed by atoms with E-state index in [1.54, 1.807) is 0 Å². The van der Waals surface area contributed by atoms with Gasteiger partial charge >= 0.3 is 0 Å². The second kappa shape index (κ2) is 4.54. The summed E-state index contributed by atoms with van der Waals surface area (Å²) in [5, 5.41) is 0. The van der Waals surface area contributed by atoms with Gasteiger partial charge in [-0.2, -0.15) is 12.6 Å². The third-order valence-electron chi connectivity index (χ3n) is 1.79. The van der Waals surface area contributed by atoms with Crippen LogP contribution in [0.3, 0.4) is 0 Å². The third kappa shape index (κ3) is 3.06. The molecule has 0 unspecified atom stereocenters. The van der Waals surface area contributed by atoms with E-state index in [9.17, 15) is 0 Å². The lowest BCUT2D eigenvalue weighted by atomic mass is 10.3. The van der Waals surface area contributed by atoms with Crippen molar-refractivity contribution in [3.63, 3.8) is 0 Å². The van der Waals surface area contributed by atoms with Gasteiger partial charge < -0.3 is 9.80 Å².